The van der Waals surface area contributed by atoms with Crippen molar-refractivity contribution in [1.29, 1.82) is 0 Å². The highest BCUT2D eigenvalue weighted by atomic mass is 32.1. The van der Waals surface area contributed by atoms with E-state index in [9.17, 15) is 0 Å². The van der Waals surface area contributed by atoms with Gasteiger partial charge in [-0.1, -0.05) is 0 Å². The molecule has 1 heterocycles. The topological polar surface area (TPSA) is 46.4 Å². The molecular formula is C14H16N2O2S. The molecule has 0 unspecified atom stereocenters. The van der Waals surface area contributed by atoms with Crippen molar-refractivity contribution in [3.63, 3.8) is 0 Å². The Morgan fingerprint density at radius 3 is 2.68 bits per heavy atom. The minimum absolute atomic E-state index is 0.594. The van der Waals surface area contributed by atoms with E-state index in [1.807, 2.05) is 36.4 Å². The fourth-order valence-electron chi connectivity index (χ4n) is 1.60. The van der Waals surface area contributed by atoms with Gasteiger partial charge in [-0.3, -0.25) is 0 Å². The van der Waals surface area contributed by atoms with Gasteiger partial charge in [0.25, 0.3) is 0 Å². The second-order valence-corrected chi connectivity index (χ2v) is 4.35. The first kappa shape index (κ1) is 13.4. The minimum Gasteiger partial charge on any atom is -0.497 e. The molecule has 100 valence electrons. The third-order valence-corrected chi connectivity index (χ3v) is 2.83. The predicted molar refractivity (Wildman–Crippen MR) is 79.6 cm³/mol. The van der Waals surface area contributed by atoms with E-state index in [1.54, 1.807) is 13.4 Å². The number of methoxy groups -OCH3 is 1. The van der Waals surface area contributed by atoms with Crippen molar-refractivity contribution in [2.45, 2.75) is 6.42 Å². The number of rotatable bonds is 5. The zero-order chi connectivity index (χ0) is 13.5. The average molecular weight is 276 g/mol. The van der Waals surface area contributed by atoms with Gasteiger partial charge in [0.15, 0.2) is 5.11 Å². The van der Waals surface area contributed by atoms with Crippen molar-refractivity contribution in [3.8, 4) is 5.75 Å². The molecule has 0 saturated carbocycles. The standard InChI is InChI=1S/C14H16N2O2S/c1-17-12-6-4-11(5-7-12)16-14(19)15-9-8-13-3-2-10-18-13/h2-7,10H,8-9H2,1H3,(H2,15,16,19). The first-order valence-corrected chi connectivity index (χ1v) is 6.40. The Morgan fingerprint density at radius 2 is 2.05 bits per heavy atom. The van der Waals surface area contributed by atoms with Gasteiger partial charge in [-0.25, -0.2) is 0 Å². The first-order valence-electron chi connectivity index (χ1n) is 5.99. The molecule has 0 amide bonds. The van der Waals surface area contributed by atoms with E-state index in [4.69, 9.17) is 21.4 Å². The maximum Gasteiger partial charge on any atom is 0.170 e. The number of benzene rings is 1. The lowest BCUT2D eigenvalue weighted by atomic mass is 10.3. The van der Waals surface area contributed by atoms with Crippen molar-refractivity contribution < 1.29 is 9.15 Å². The van der Waals surface area contributed by atoms with Crippen molar-refractivity contribution in [3.05, 3.63) is 48.4 Å². The molecule has 0 aliphatic rings. The predicted octanol–water partition coefficient (Wildman–Crippen LogP) is 2.82. The molecule has 0 atom stereocenters. The molecule has 4 nitrogen and oxygen atoms in total. The number of anilines is 1. The van der Waals surface area contributed by atoms with Gasteiger partial charge in [0.2, 0.25) is 0 Å². The molecule has 0 bridgehead atoms. The summed E-state index contributed by atoms with van der Waals surface area (Å²) in [4.78, 5) is 0. The Bertz CT molecular complexity index is 509. The molecule has 0 radical (unpaired) electrons. The van der Waals surface area contributed by atoms with Gasteiger partial charge in [0, 0.05) is 18.7 Å². The fraction of sp³-hybridized carbons (Fsp3) is 0.214. The van der Waals surface area contributed by atoms with E-state index in [1.165, 1.54) is 0 Å². The molecule has 5 heteroatoms. The molecule has 0 aliphatic heterocycles. The summed E-state index contributed by atoms with van der Waals surface area (Å²) in [6, 6.07) is 11.4. The second kappa shape index (κ2) is 6.80. The van der Waals surface area contributed by atoms with Gasteiger partial charge in [0.05, 0.1) is 13.4 Å². The quantitative estimate of drug-likeness (QED) is 0.822. The van der Waals surface area contributed by atoms with E-state index in [0.29, 0.717) is 5.11 Å². The van der Waals surface area contributed by atoms with E-state index < -0.39 is 0 Å². The van der Waals surface area contributed by atoms with Crippen LogP contribution in [-0.2, 0) is 6.42 Å². The van der Waals surface area contributed by atoms with Crippen molar-refractivity contribution in [2.75, 3.05) is 19.0 Å². The molecule has 2 aromatic rings. The van der Waals surface area contributed by atoms with E-state index in [-0.39, 0.29) is 0 Å². The van der Waals surface area contributed by atoms with Crippen LogP contribution >= 0.6 is 12.2 Å². The molecule has 0 aliphatic carbocycles. The normalized spacial score (nSPS) is 9.95. The number of hydrogen-bond acceptors (Lipinski definition) is 3. The maximum absolute atomic E-state index is 5.24. The lowest BCUT2D eigenvalue weighted by Crippen LogP contribution is -2.30. The number of ether oxygens (including phenoxy) is 1. The second-order valence-electron chi connectivity index (χ2n) is 3.94. The number of thiocarbonyl (C=S) groups is 1. The van der Waals surface area contributed by atoms with Crippen molar-refractivity contribution in [1.82, 2.24) is 5.32 Å². The third kappa shape index (κ3) is 4.30. The number of hydrogen-bond donors (Lipinski definition) is 2. The Labute approximate surface area is 117 Å². The molecule has 19 heavy (non-hydrogen) atoms. The summed E-state index contributed by atoms with van der Waals surface area (Å²) < 4.78 is 10.3. The van der Waals surface area contributed by atoms with Gasteiger partial charge in [0.1, 0.15) is 11.5 Å². The molecular weight excluding hydrogens is 260 g/mol. The summed E-state index contributed by atoms with van der Waals surface area (Å²) in [5.41, 5.74) is 0.927. The summed E-state index contributed by atoms with van der Waals surface area (Å²) >= 11 is 5.21. The molecule has 0 fully saturated rings. The van der Waals surface area contributed by atoms with Crippen LogP contribution in [0.4, 0.5) is 5.69 Å². The van der Waals surface area contributed by atoms with Crippen LogP contribution in [0.15, 0.2) is 47.1 Å². The van der Waals surface area contributed by atoms with Crippen LogP contribution in [0.1, 0.15) is 5.76 Å². The average Bonchev–Trinajstić information content (AvgIpc) is 2.93. The minimum atomic E-state index is 0.594. The van der Waals surface area contributed by atoms with Gasteiger partial charge < -0.3 is 19.8 Å². The van der Waals surface area contributed by atoms with Gasteiger partial charge >= 0.3 is 0 Å². The van der Waals surface area contributed by atoms with E-state index in [0.717, 1.165) is 30.2 Å². The zero-order valence-electron chi connectivity index (χ0n) is 10.7. The lowest BCUT2D eigenvalue weighted by molar-refractivity contribution is 0.415. The fourth-order valence-corrected chi connectivity index (χ4v) is 1.82. The molecule has 0 saturated heterocycles. The Kier molecular flexibility index (Phi) is 4.80. The van der Waals surface area contributed by atoms with Gasteiger partial charge in [-0.2, -0.15) is 0 Å². The lowest BCUT2D eigenvalue weighted by Gasteiger charge is -2.10. The van der Waals surface area contributed by atoms with Crippen LogP contribution in [-0.4, -0.2) is 18.8 Å². The molecule has 0 spiro atoms. The highest BCUT2D eigenvalue weighted by molar-refractivity contribution is 7.80. The molecule has 1 aromatic carbocycles. The summed E-state index contributed by atoms with van der Waals surface area (Å²) in [5.74, 6) is 1.77. The Balaban J connectivity index is 1.74. The summed E-state index contributed by atoms with van der Waals surface area (Å²) in [6.45, 7) is 0.732. The van der Waals surface area contributed by atoms with Crippen LogP contribution < -0.4 is 15.4 Å². The van der Waals surface area contributed by atoms with E-state index in [2.05, 4.69) is 10.6 Å². The number of nitrogens with one attached hydrogen (secondary N) is 2. The molecule has 1 aromatic heterocycles. The number of furan rings is 1. The highest BCUT2D eigenvalue weighted by Crippen LogP contribution is 2.14. The SMILES string of the molecule is COc1ccc(NC(=S)NCCc2ccco2)cc1. The Morgan fingerprint density at radius 1 is 1.26 bits per heavy atom. The smallest absolute Gasteiger partial charge is 0.170 e. The largest absolute Gasteiger partial charge is 0.497 e. The summed E-state index contributed by atoms with van der Waals surface area (Å²) in [7, 11) is 1.64. The third-order valence-electron chi connectivity index (χ3n) is 2.58. The van der Waals surface area contributed by atoms with Crippen molar-refractivity contribution >= 4 is 23.0 Å². The Hall–Kier alpha value is -2.01. The molecule has 2 rings (SSSR count). The molecule has 2 N–H and O–H groups in total. The first-order chi connectivity index (χ1) is 9.28. The van der Waals surface area contributed by atoms with Gasteiger partial charge in [-0.05, 0) is 48.6 Å². The van der Waals surface area contributed by atoms with E-state index >= 15 is 0 Å². The maximum atomic E-state index is 5.24. The van der Waals surface area contributed by atoms with Crippen LogP contribution in [0.3, 0.4) is 0 Å². The van der Waals surface area contributed by atoms with Gasteiger partial charge in [-0.15, -0.1) is 0 Å². The van der Waals surface area contributed by atoms with Crippen LogP contribution in [0.5, 0.6) is 5.75 Å². The van der Waals surface area contributed by atoms with Crippen LogP contribution in [0, 0.1) is 0 Å². The highest BCUT2D eigenvalue weighted by Gasteiger charge is 1.99. The van der Waals surface area contributed by atoms with Crippen molar-refractivity contribution in [2.24, 2.45) is 0 Å². The zero-order valence-corrected chi connectivity index (χ0v) is 11.5. The van der Waals surface area contributed by atoms with Crippen LogP contribution in [0.2, 0.25) is 0 Å². The summed E-state index contributed by atoms with van der Waals surface area (Å²) in [6.07, 6.45) is 2.47. The monoisotopic (exact) mass is 276 g/mol. The summed E-state index contributed by atoms with van der Waals surface area (Å²) in [5, 5.41) is 6.83. The van der Waals surface area contributed by atoms with Crippen LogP contribution in [0.25, 0.3) is 0 Å².